The van der Waals surface area contributed by atoms with Crippen LogP contribution in [0.1, 0.15) is 6.92 Å². The second kappa shape index (κ2) is 18.9. The van der Waals surface area contributed by atoms with E-state index in [-0.39, 0.29) is 59.3 Å². The first-order valence-electron chi connectivity index (χ1n) is 9.84. The largest absolute Gasteiger partial charge is 0.480 e. The molecular formula is C18H32N4O10. The van der Waals surface area contributed by atoms with Crippen LogP contribution in [0.25, 0.3) is 0 Å². The Morgan fingerprint density at radius 1 is 0.625 bits per heavy atom. The minimum Gasteiger partial charge on any atom is -0.480 e. The van der Waals surface area contributed by atoms with Gasteiger partial charge in [-0.05, 0) is 6.54 Å². The molecule has 0 saturated heterocycles. The van der Waals surface area contributed by atoms with Gasteiger partial charge < -0.3 is 24.4 Å². The van der Waals surface area contributed by atoms with Gasteiger partial charge in [-0.1, -0.05) is 6.92 Å². The molecule has 0 bridgehead atoms. The predicted octanol–water partition coefficient (Wildman–Crippen LogP) is -2.22. The van der Waals surface area contributed by atoms with E-state index in [1.807, 2.05) is 6.92 Å². The van der Waals surface area contributed by atoms with Crippen LogP contribution in [-0.4, -0.2) is 140 Å². The summed E-state index contributed by atoms with van der Waals surface area (Å²) in [5.74, 6) is -1.99. The van der Waals surface area contributed by atoms with E-state index in [1.165, 1.54) is 4.90 Å². The predicted molar refractivity (Wildman–Crippen MR) is 108 cm³/mol. The van der Waals surface area contributed by atoms with Gasteiger partial charge in [-0.3, -0.25) is 38.7 Å². The fourth-order valence-corrected chi connectivity index (χ4v) is 2.66. The van der Waals surface area contributed by atoms with Crippen LogP contribution in [0.2, 0.25) is 0 Å². The summed E-state index contributed by atoms with van der Waals surface area (Å²) in [4.78, 5) is 60.1. The molecule has 0 heterocycles. The third kappa shape index (κ3) is 16.0. The third-order valence-electron chi connectivity index (χ3n) is 4.34. The van der Waals surface area contributed by atoms with Crippen molar-refractivity contribution in [3.63, 3.8) is 0 Å². The molecule has 0 aromatic heterocycles. The molecule has 0 aliphatic rings. The highest BCUT2D eigenvalue weighted by atomic mass is 16.6. The molecule has 2 N–H and O–H groups in total. The van der Waals surface area contributed by atoms with Crippen molar-refractivity contribution in [3.05, 3.63) is 0 Å². The third-order valence-corrected chi connectivity index (χ3v) is 4.34. The van der Waals surface area contributed by atoms with Crippen molar-refractivity contribution in [3.8, 4) is 0 Å². The number of carbonyl (C=O) groups excluding carboxylic acids is 3. The van der Waals surface area contributed by atoms with Crippen LogP contribution in [0, 0.1) is 0 Å². The van der Waals surface area contributed by atoms with Gasteiger partial charge in [0.05, 0.1) is 13.1 Å². The number of aliphatic carboxylic acids is 2. The number of likely N-dealkylation sites (N-methyl/N-ethyl adjacent to an activating group) is 1. The van der Waals surface area contributed by atoms with Crippen molar-refractivity contribution in [2.45, 2.75) is 6.92 Å². The molecule has 0 aliphatic carbocycles. The van der Waals surface area contributed by atoms with Crippen LogP contribution < -0.4 is 0 Å². The molecule has 0 saturated carbocycles. The summed E-state index contributed by atoms with van der Waals surface area (Å²) in [7, 11) is 0. The van der Waals surface area contributed by atoms with Gasteiger partial charge in [0.2, 0.25) is 0 Å². The highest BCUT2D eigenvalue weighted by Gasteiger charge is 2.16. The van der Waals surface area contributed by atoms with Gasteiger partial charge in [0.25, 0.3) is 19.4 Å². The Hall–Kier alpha value is -2.81. The Kier molecular flexibility index (Phi) is 17.3. The minimum absolute atomic E-state index is 0.0263. The second-order valence-corrected chi connectivity index (χ2v) is 6.62. The SMILES string of the molecule is CCN(CCN(CCN(CCN(COC=O)COC=O)CC(=O)O)COC=O)CC(=O)O. The lowest BCUT2D eigenvalue weighted by atomic mass is 10.3. The average molecular weight is 464 g/mol. The normalized spacial score (nSPS) is 11.0. The molecule has 14 nitrogen and oxygen atoms in total. The van der Waals surface area contributed by atoms with Crippen LogP contribution in [0.4, 0.5) is 0 Å². The highest BCUT2D eigenvalue weighted by molar-refractivity contribution is 5.69. The van der Waals surface area contributed by atoms with E-state index in [2.05, 4.69) is 9.47 Å². The van der Waals surface area contributed by atoms with E-state index in [0.717, 1.165) is 0 Å². The van der Waals surface area contributed by atoms with Crippen LogP contribution in [0.15, 0.2) is 0 Å². The van der Waals surface area contributed by atoms with E-state index in [0.29, 0.717) is 39.2 Å². The van der Waals surface area contributed by atoms with E-state index in [9.17, 15) is 29.1 Å². The Balaban J connectivity index is 4.87. The van der Waals surface area contributed by atoms with Crippen molar-refractivity contribution in [1.82, 2.24) is 19.6 Å². The van der Waals surface area contributed by atoms with E-state index < -0.39 is 11.9 Å². The summed E-state index contributed by atoms with van der Waals surface area (Å²) in [6, 6.07) is 0. The zero-order valence-electron chi connectivity index (χ0n) is 18.2. The maximum absolute atomic E-state index is 11.2. The zero-order chi connectivity index (χ0) is 24.2. The average Bonchev–Trinajstić information content (AvgIpc) is 2.75. The topological polar surface area (TPSA) is 166 Å². The molecule has 0 atom stereocenters. The first-order valence-corrected chi connectivity index (χ1v) is 9.84. The number of nitrogens with zero attached hydrogens (tertiary/aromatic N) is 4. The van der Waals surface area contributed by atoms with Gasteiger partial charge in [-0.15, -0.1) is 0 Å². The minimum atomic E-state index is -1.04. The molecule has 184 valence electrons. The summed E-state index contributed by atoms with van der Waals surface area (Å²) in [6.07, 6.45) is 0. The first kappa shape index (κ1) is 29.2. The van der Waals surface area contributed by atoms with Gasteiger partial charge in [-0.25, -0.2) is 4.90 Å². The summed E-state index contributed by atoms with van der Waals surface area (Å²) in [6.45, 7) is 4.48. The number of carboxylic acid groups (broad SMARTS) is 2. The smallest absolute Gasteiger partial charge is 0.317 e. The number of ether oxygens (including phenoxy) is 3. The second-order valence-electron chi connectivity index (χ2n) is 6.62. The van der Waals surface area contributed by atoms with E-state index in [1.54, 1.807) is 14.7 Å². The van der Waals surface area contributed by atoms with Crippen LogP contribution in [-0.2, 0) is 38.2 Å². The van der Waals surface area contributed by atoms with Gasteiger partial charge in [0.1, 0.15) is 20.2 Å². The zero-order valence-corrected chi connectivity index (χ0v) is 18.2. The quantitative estimate of drug-likeness (QED) is 0.0947. The van der Waals surface area contributed by atoms with Crippen LogP contribution in [0.3, 0.4) is 0 Å². The number of carbonyl (C=O) groups is 5. The lowest BCUT2D eigenvalue weighted by Gasteiger charge is -2.29. The Bertz CT molecular complexity index is 554. The first-order chi connectivity index (χ1) is 15.4. The molecule has 0 rings (SSSR count). The van der Waals surface area contributed by atoms with E-state index in [4.69, 9.17) is 9.84 Å². The molecule has 0 unspecified atom stereocenters. The van der Waals surface area contributed by atoms with Crippen molar-refractivity contribution < 1.29 is 48.4 Å². The molecule has 0 amide bonds. The number of rotatable bonds is 23. The highest BCUT2D eigenvalue weighted by Crippen LogP contribution is 1.98. The fraction of sp³-hybridized carbons (Fsp3) is 0.722. The molecule has 0 aliphatic heterocycles. The van der Waals surface area contributed by atoms with E-state index >= 15 is 0 Å². The Labute approximate surface area is 186 Å². The summed E-state index contributed by atoms with van der Waals surface area (Å²) in [5, 5.41) is 18.1. The maximum Gasteiger partial charge on any atom is 0.317 e. The Morgan fingerprint density at radius 2 is 0.969 bits per heavy atom. The number of hydrogen-bond acceptors (Lipinski definition) is 12. The van der Waals surface area contributed by atoms with Gasteiger partial charge in [0, 0.05) is 39.3 Å². The molecule has 0 fully saturated rings. The van der Waals surface area contributed by atoms with Gasteiger partial charge >= 0.3 is 11.9 Å². The van der Waals surface area contributed by atoms with Crippen LogP contribution in [0.5, 0.6) is 0 Å². The van der Waals surface area contributed by atoms with Crippen molar-refractivity contribution in [2.75, 3.05) is 79.1 Å². The molecule has 32 heavy (non-hydrogen) atoms. The standard InChI is InChI=1S/C18H32N4O10/c1-2-19(9-17(26)27)3-6-21(11-30-14-23)7-4-20(10-18(28)29)5-8-22(12-31-15-24)13-32-16-25/h14-16H,2-13H2,1H3,(H,26,27)(H,28,29). The van der Waals surface area contributed by atoms with Crippen molar-refractivity contribution in [2.24, 2.45) is 0 Å². The maximum atomic E-state index is 11.2. The lowest BCUT2D eigenvalue weighted by molar-refractivity contribution is -0.142. The molecule has 0 aromatic rings. The van der Waals surface area contributed by atoms with Crippen LogP contribution >= 0.6 is 0 Å². The summed E-state index contributed by atoms with van der Waals surface area (Å²) < 4.78 is 14.1. The van der Waals surface area contributed by atoms with Crippen molar-refractivity contribution in [1.29, 1.82) is 0 Å². The number of carboxylic acids is 2. The van der Waals surface area contributed by atoms with Crippen molar-refractivity contribution >= 4 is 31.4 Å². The lowest BCUT2D eigenvalue weighted by Crippen LogP contribution is -2.45. The Morgan fingerprint density at radius 3 is 1.38 bits per heavy atom. The monoisotopic (exact) mass is 464 g/mol. The molecule has 0 radical (unpaired) electrons. The summed E-state index contributed by atoms with van der Waals surface area (Å²) in [5.41, 5.74) is 0. The summed E-state index contributed by atoms with van der Waals surface area (Å²) >= 11 is 0. The van der Waals surface area contributed by atoms with Gasteiger partial charge in [-0.2, -0.15) is 0 Å². The molecule has 14 heteroatoms. The molecule has 0 spiro atoms. The molecule has 0 aromatic carbocycles. The number of hydrogen-bond donors (Lipinski definition) is 2. The van der Waals surface area contributed by atoms with Gasteiger partial charge in [0.15, 0.2) is 0 Å². The fourth-order valence-electron chi connectivity index (χ4n) is 2.66. The molecular weight excluding hydrogens is 432 g/mol.